The van der Waals surface area contributed by atoms with Crippen molar-refractivity contribution in [1.82, 2.24) is 19.2 Å². The maximum Gasteiger partial charge on any atom is 0.277 e. The molecule has 106 valence electrons. The Kier molecular flexibility index (Phi) is 6.00. The predicted octanol–water partition coefficient (Wildman–Crippen LogP) is -1.41. The molecular weight excluding hydrogens is 256 g/mol. The van der Waals surface area contributed by atoms with E-state index in [1.807, 2.05) is 14.0 Å². The van der Waals surface area contributed by atoms with E-state index in [-0.39, 0.29) is 12.5 Å². The van der Waals surface area contributed by atoms with Crippen molar-refractivity contribution in [3.63, 3.8) is 0 Å². The van der Waals surface area contributed by atoms with Crippen molar-refractivity contribution in [3.05, 3.63) is 0 Å². The minimum atomic E-state index is -3.55. The first-order valence-corrected chi connectivity index (χ1v) is 7.63. The summed E-state index contributed by atoms with van der Waals surface area (Å²) >= 11 is 0. The first-order valence-electron chi connectivity index (χ1n) is 6.15. The minimum Gasteiger partial charge on any atom is -0.339 e. The van der Waals surface area contributed by atoms with Crippen LogP contribution < -0.4 is 9.44 Å². The highest BCUT2D eigenvalue weighted by molar-refractivity contribution is 7.87. The molecular formula is C10H22N4O3S. The van der Waals surface area contributed by atoms with Gasteiger partial charge >= 0.3 is 0 Å². The van der Waals surface area contributed by atoms with Crippen molar-refractivity contribution in [2.75, 3.05) is 46.3 Å². The molecule has 7 nitrogen and oxygen atoms in total. The Balaban J connectivity index is 2.32. The monoisotopic (exact) mass is 278 g/mol. The number of piperazine rings is 1. The third kappa shape index (κ3) is 5.30. The van der Waals surface area contributed by atoms with Gasteiger partial charge in [0.1, 0.15) is 0 Å². The van der Waals surface area contributed by atoms with Crippen LogP contribution in [0.4, 0.5) is 0 Å². The Morgan fingerprint density at radius 1 is 1.17 bits per heavy atom. The first kappa shape index (κ1) is 15.4. The second kappa shape index (κ2) is 7.03. The lowest BCUT2D eigenvalue weighted by Crippen LogP contribution is -2.51. The Morgan fingerprint density at radius 3 is 2.33 bits per heavy atom. The smallest absolute Gasteiger partial charge is 0.277 e. The summed E-state index contributed by atoms with van der Waals surface area (Å²) in [6.07, 6.45) is 0.716. The lowest BCUT2D eigenvalue weighted by Gasteiger charge is -2.32. The molecule has 0 atom stereocenters. The second-order valence-corrected chi connectivity index (χ2v) is 5.99. The minimum absolute atomic E-state index is 0.176. The van der Waals surface area contributed by atoms with Crippen LogP contribution in [0, 0.1) is 0 Å². The molecule has 0 bridgehead atoms. The molecule has 0 saturated carbocycles. The van der Waals surface area contributed by atoms with Crippen molar-refractivity contribution in [2.45, 2.75) is 13.3 Å². The number of amides is 1. The van der Waals surface area contributed by atoms with Crippen LogP contribution in [-0.4, -0.2) is 70.4 Å². The largest absolute Gasteiger partial charge is 0.339 e. The maximum atomic E-state index is 11.8. The van der Waals surface area contributed by atoms with Gasteiger partial charge in [-0.1, -0.05) is 6.92 Å². The second-order valence-electron chi connectivity index (χ2n) is 4.40. The molecule has 1 amide bonds. The summed E-state index contributed by atoms with van der Waals surface area (Å²) in [6, 6.07) is 0. The van der Waals surface area contributed by atoms with E-state index in [2.05, 4.69) is 14.3 Å². The summed E-state index contributed by atoms with van der Waals surface area (Å²) in [6.45, 7) is 5.02. The highest BCUT2D eigenvalue weighted by Crippen LogP contribution is 1.99. The molecule has 8 heteroatoms. The molecule has 0 radical (unpaired) electrons. The van der Waals surface area contributed by atoms with E-state index in [0.717, 1.165) is 13.1 Å². The molecule has 18 heavy (non-hydrogen) atoms. The fourth-order valence-electron chi connectivity index (χ4n) is 1.61. The molecule has 2 N–H and O–H groups in total. The zero-order chi connectivity index (χ0) is 13.6. The van der Waals surface area contributed by atoms with E-state index in [9.17, 15) is 13.2 Å². The fraction of sp³-hybridized carbons (Fsp3) is 0.900. The summed E-state index contributed by atoms with van der Waals surface area (Å²) in [4.78, 5) is 15.6. The van der Waals surface area contributed by atoms with Gasteiger partial charge in [0.15, 0.2) is 0 Å². The standard InChI is InChI=1S/C10H22N4O3S/c1-3-4-11-18(16,17)12-9-10(15)14-7-5-13(2)6-8-14/h11-12H,3-9H2,1-2H3. The lowest BCUT2D eigenvalue weighted by atomic mass is 10.3. The fourth-order valence-corrected chi connectivity index (χ4v) is 2.50. The van der Waals surface area contributed by atoms with Gasteiger partial charge in [-0.05, 0) is 13.5 Å². The highest BCUT2D eigenvalue weighted by Gasteiger charge is 2.20. The van der Waals surface area contributed by atoms with Crippen LogP contribution in [0.2, 0.25) is 0 Å². The molecule has 1 aliphatic rings. The van der Waals surface area contributed by atoms with Gasteiger partial charge in [-0.2, -0.15) is 13.1 Å². The first-order chi connectivity index (χ1) is 8.44. The van der Waals surface area contributed by atoms with Gasteiger partial charge in [0.05, 0.1) is 6.54 Å². The van der Waals surface area contributed by atoms with E-state index in [4.69, 9.17) is 0 Å². The van der Waals surface area contributed by atoms with Gasteiger partial charge in [0.2, 0.25) is 5.91 Å². The van der Waals surface area contributed by atoms with Crippen LogP contribution in [-0.2, 0) is 15.0 Å². The molecule has 0 aromatic rings. The average molecular weight is 278 g/mol. The Labute approximate surface area is 109 Å². The van der Waals surface area contributed by atoms with E-state index in [1.165, 1.54) is 0 Å². The third-order valence-corrected chi connectivity index (χ3v) is 3.92. The van der Waals surface area contributed by atoms with Crippen LogP contribution in [0.3, 0.4) is 0 Å². The van der Waals surface area contributed by atoms with E-state index in [0.29, 0.717) is 26.1 Å². The van der Waals surface area contributed by atoms with Crippen molar-refractivity contribution in [2.24, 2.45) is 0 Å². The quantitative estimate of drug-likeness (QED) is 0.626. The Hall–Kier alpha value is -0.700. The molecule has 0 unspecified atom stereocenters. The SMILES string of the molecule is CCCNS(=O)(=O)NCC(=O)N1CCN(C)CC1. The number of rotatable bonds is 6. The van der Waals surface area contributed by atoms with E-state index < -0.39 is 10.2 Å². The molecule has 0 spiro atoms. The number of carbonyl (C=O) groups excluding carboxylic acids is 1. The number of nitrogens with one attached hydrogen (secondary N) is 2. The summed E-state index contributed by atoms with van der Waals surface area (Å²) in [5, 5.41) is 0. The van der Waals surface area contributed by atoms with Crippen molar-refractivity contribution in [1.29, 1.82) is 0 Å². The molecule has 1 saturated heterocycles. The summed E-state index contributed by atoms with van der Waals surface area (Å²) in [7, 11) is -1.55. The van der Waals surface area contributed by atoms with Gasteiger partial charge in [-0.15, -0.1) is 0 Å². The van der Waals surface area contributed by atoms with Crippen molar-refractivity contribution < 1.29 is 13.2 Å². The number of hydrogen-bond donors (Lipinski definition) is 2. The summed E-state index contributed by atoms with van der Waals surface area (Å²) in [5.74, 6) is -0.176. The number of likely N-dealkylation sites (N-methyl/N-ethyl adjacent to an activating group) is 1. The molecule has 1 heterocycles. The van der Waals surface area contributed by atoms with Gasteiger partial charge in [-0.25, -0.2) is 4.72 Å². The zero-order valence-electron chi connectivity index (χ0n) is 11.0. The lowest BCUT2D eigenvalue weighted by molar-refractivity contribution is -0.131. The normalized spacial score (nSPS) is 18.0. The molecule has 0 aromatic carbocycles. The van der Waals surface area contributed by atoms with Gasteiger partial charge in [0, 0.05) is 32.7 Å². The topological polar surface area (TPSA) is 81.8 Å². The highest BCUT2D eigenvalue weighted by atomic mass is 32.2. The molecule has 1 fully saturated rings. The number of hydrogen-bond acceptors (Lipinski definition) is 4. The van der Waals surface area contributed by atoms with Gasteiger partial charge < -0.3 is 9.80 Å². The maximum absolute atomic E-state index is 11.8. The van der Waals surface area contributed by atoms with Crippen LogP contribution in [0.1, 0.15) is 13.3 Å². The molecule has 0 aliphatic carbocycles. The van der Waals surface area contributed by atoms with Crippen LogP contribution in [0.25, 0.3) is 0 Å². The Morgan fingerprint density at radius 2 is 1.78 bits per heavy atom. The zero-order valence-corrected chi connectivity index (χ0v) is 11.8. The van der Waals surface area contributed by atoms with Crippen LogP contribution in [0.5, 0.6) is 0 Å². The summed E-state index contributed by atoms with van der Waals surface area (Å²) in [5.41, 5.74) is 0. The van der Waals surface area contributed by atoms with Gasteiger partial charge in [0.25, 0.3) is 10.2 Å². The molecule has 1 aliphatic heterocycles. The van der Waals surface area contributed by atoms with Crippen LogP contribution in [0.15, 0.2) is 0 Å². The number of nitrogens with zero attached hydrogens (tertiary/aromatic N) is 2. The molecule has 1 rings (SSSR count). The van der Waals surface area contributed by atoms with Gasteiger partial charge in [-0.3, -0.25) is 4.79 Å². The van der Waals surface area contributed by atoms with E-state index >= 15 is 0 Å². The molecule has 0 aromatic heterocycles. The Bertz CT molecular complexity index is 363. The van der Waals surface area contributed by atoms with E-state index in [1.54, 1.807) is 4.90 Å². The number of carbonyl (C=O) groups is 1. The average Bonchev–Trinajstić information content (AvgIpc) is 2.35. The van der Waals surface area contributed by atoms with Crippen molar-refractivity contribution in [3.8, 4) is 0 Å². The third-order valence-electron chi connectivity index (χ3n) is 2.81. The summed E-state index contributed by atoms with van der Waals surface area (Å²) < 4.78 is 27.5. The predicted molar refractivity (Wildman–Crippen MR) is 69.3 cm³/mol. The van der Waals surface area contributed by atoms with Crippen LogP contribution >= 0.6 is 0 Å². The van der Waals surface area contributed by atoms with Crippen molar-refractivity contribution >= 4 is 16.1 Å².